The van der Waals surface area contributed by atoms with Gasteiger partial charge in [-0.15, -0.1) is 11.8 Å². The lowest BCUT2D eigenvalue weighted by molar-refractivity contribution is 0.0208. The first-order valence-electron chi connectivity index (χ1n) is 41.0. The van der Waals surface area contributed by atoms with Gasteiger partial charge in [0.25, 0.3) is 0 Å². The number of nitrogens with one attached hydrogen (secondary N) is 2. The van der Waals surface area contributed by atoms with E-state index in [4.69, 9.17) is 55.9 Å². The maximum Gasteiger partial charge on any atom is 0.410 e. The Labute approximate surface area is 755 Å². The summed E-state index contributed by atoms with van der Waals surface area (Å²) in [6.45, 7) is 17.7. The number of nitrogens with zero attached hydrogens (tertiary/aromatic N) is 16. The molecule has 17 rings (SSSR count). The maximum absolute atomic E-state index is 14.7. The van der Waals surface area contributed by atoms with Gasteiger partial charge in [0.1, 0.15) is 43.4 Å². The zero-order chi connectivity index (χ0) is 90.0. The largest absolute Gasteiger partial charge is 0.444 e. The summed E-state index contributed by atoms with van der Waals surface area (Å²) in [5.74, 6) is -0.0916. The number of ether oxygens (including phenoxy) is 2. The SMILES string of the molecule is CC(C)(C)OC(=O)N1CCC(S(=O)(=O)c2ccc3cnc(Cl)cc3n2)CC1.CC(C)(C)OC(=O)N1CCC(Sc2ccc3cnc(Cl)cc3n2)CC1.CN1CCC(S(=O)(=O)c2ccc3cnc(Cl)cc3n2)CC1.CN1CCC(S(=O)(=O)c2ccc3cnc(Nc4ccc(-n5cccn5)cc4F)cc3n2)CC1.O=S(=O)(c1ccc2cnc(Cl)cc2n1)C1CCNCC1. The lowest BCUT2D eigenvalue weighted by atomic mass is 10.1. The fourth-order valence-corrected chi connectivity index (χ4v) is 23.0. The van der Waals surface area contributed by atoms with Gasteiger partial charge in [-0.2, -0.15) is 5.10 Å². The van der Waals surface area contributed by atoms with Gasteiger partial charge in [0, 0.05) is 138 Å². The lowest BCUT2D eigenvalue weighted by Crippen LogP contribution is -2.44. The molecule has 0 saturated carbocycles. The average molecular weight is 1900 g/mol. The maximum atomic E-state index is 14.7. The minimum Gasteiger partial charge on any atom is -0.444 e. The zero-order valence-electron chi connectivity index (χ0n) is 70.5. The molecule has 0 spiro atoms. The van der Waals surface area contributed by atoms with Gasteiger partial charge in [-0.25, -0.2) is 102 Å². The highest BCUT2D eigenvalue weighted by Gasteiger charge is 2.38. The Morgan fingerprint density at radius 1 is 0.444 bits per heavy atom. The van der Waals surface area contributed by atoms with Crippen molar-refractivity contribution in [3.8, 4) is 5.69 Å². The van der Waals surface area contributed by atoms with Gasteiger partial charge in [-0.3, -0.25) is 0 Å². The lowest BCUT2D eigenvalue weighted by Gasteiger charge is -2.33. The van der Waals surface area contributed by atoms with Crippen LogP contribution in [0.2, 0.25) is 20.6 Å². The van der Waals surface area contributed by atoms with E-state index in [9.17, 15) is 47.7 Å². The van der Waals surface area contributed by atoms with E-state index in [1.807, 2.05) is 47.0 Å². The minimum atomic E-state index is -3.60. The molecule has 0 unspecified atom stereocenters. The number of likely N-dealkylation sites (tertiary alicyclic amines) is 4. The molecule has 0 bridgehead atoms. The van der Waals surface area contributed by atoms with E-state index in [2.05, 4.69) is 75.4 Å². The number of anilines is 2. The predicted octanol–water partition coefficient (Wildman–Crippen LogP) is 15.8. The summed E-state index contributed by atoms with van der Waals surface area (Å²) < 4.78 is 130. The van der Waals surface area contributed by atoms with Crippen LogP contribution in [0.25, 0.3) is 60.2 Å². The summed E-state index contributed by atoms with van der Waals surface area (Å²) in [4.78, 5) is 74.0. The number of hydrogen-bond acceptors (Lipinski definition) is 28. The number of benzene rings is 1. The molecule has 2 amide bonds. The van der Waals surface area contributed by atoms with E-state index in [0.717, 1.165) is 97.3 Å². The Kier molecular flexibility index (Phi) is 30.4. The first-order chi connectivity index (χ1) is 59.8. The number of sulfone groups is 4. The highest BCUT2D eigenvalue weighted by atomic mass is 35.5. The number of halogens is 5. The molecule has 0 atom stereocenters. The number of aromatic nitrogens is 12. The monoisotopic (exact) mass is 1890 g/mol. The first kappa shape index (κ1) is 94.3. The standard InChI is InChI=1S/C23H23FN6O2S.C18H22ClN3O4S.C18H22ClN3O2S.C14H16ClN3O2S.C13H14ClN3O2S/c1-29-11-7-18(8-12-29)33(31,32)23-6-3-16-15-25-22(14-21(16)28-23)27-20-5-4-17(13-19(20)24)30-10-2-9-26-30;1-18(2,3)26-17(23)22-8-6-13(7-9-22)27(24,25)16-5-4-12-11-20-15(19)10-14(12)21-16;1-18(2,3)24-17(23)22-8-6-13(7-9-22)25-16-5-4-12-11-20-15(19)10-14(12)21-16;1-18-6-4-11(5-7-18)21(19,20)14-3-2-10-9-16-13(15)8-12(10)17-14;14-12-7-11-9(8-16-12)1-2-13(17-11)20(18,19)10-3-5-15-6-4-10/h2-6,9-10,13-15,18H,7-8,11-12H2,1H3,(H,25,27);4-5,10-11,13H,6-9H2,1-3H3;4-5,10-11,13H,6-9H2,1-3H3;2-3,8-9,11H,4-7H2,1H3;1-2,7-8,10,15H,3-6H2. The summed E-state index contributed by atoms with van der Waals surface area (Å²) in [7, 11) is -9.91. The van der Waals surface area contributed by atoms with Crippen molar-refractivity contribution in [2.24, 2.45) is 0 Å². The van der Waals surface area contributed by atoms with Crippen molar-refractivity contribution in [1.82, 2.24) is 84.5 Å². The summed E-state index contributed by atoms with van der Waals surface area (Å²) >= 11 is 25.3. The molecule has 5 fully saturated rings. The number of carbonyl (C=O) groups is 2. The molecule has 40 heteroatoms. The third kappa shape index (κ3) is 24.4. The number of fused-ring (bicyclic) bond motifs is 5. The normalized spacial score (nSPS) is 16.7. The van der Waals surface area contributed by atoms with Crippen LogP contribution >= 0.6 is 58.2 Å². The number of rotatable bonds is 13. The third-order valence-corrected chi connectivity index (χ3v) is 32.3. The molecule has 5 aliphatic heterocycles. The Morgan fingerprint density at radius 3 is 1.17 bits per heavy atom. The van der Waals surface area contributed by atoms with E-state index < -0.39 is 73.0 Å². The summed E-state index contributed by atoms with van der Waals surface area (Å²) in [6.07, 6.45) is 17.1. The molecule has 0 radical (unpaired) electrons. The smallest absolute Gasteiger partial charge is 0.410 e. The van der Waals surface area contributed by atoms with Crippen molar-refractivity contribution >= 4 is 176 Å². The topological polar surface area (TPSA) is 373 Å². The second-order valence-electron chi connectivity index (χ2n) is 33.1. The molecule has 2 N–H and O–H groups in total. The van der Waals surface area contributed by atoms with Crippen molar-refractivity contribution < 1.29 is 57.1 Å². The highest BCUT2D eigenvalue weighted by Crippen LogP contribution is 2.35. The van der Waals surface area contributed by atoms with Gasteiger partial charge in [0.05, 0.1) is 65.0 Å². The highest BCUT2D eigenvalue weighted by molar-refractivity contribution is 7.99. The summed E-state index contributed by atoms with van der Waals surface area (Å²) in [5.41, 5.74) is 2.75. The molecule has 126 heavy (non-hydrogen) atoms. The second-order valence-corrected chi connectivity index (χ2v) is 44.7. The predicted molar refractivity (Wildman–Crippen MR) is 488 cm³/mol. The van der Waals surface area contributed by atoms with Crippen molar-refractivity contribution in [1.29, 1.82) is 0 Å². The van der Waals surface area contributed by atoms with Crippen LogP contribution in [0.4, 0.5) is 25.5 Å². The molecule has 30 nitrogen and oxygen atoms in total. The molecule has 11 aromatic heterocycles. The number of piperidine rings is 5. The molecule has 16 heterocycles. The molecule has 1 aromatic carbocycles. The number of hydrogen-bond donors (Lipinski definition) is 2. The Morgan fingerprint density at radius 2 is 0.794 bits per heavy atom. The van der Waals surface area contributed by atoms with E-state index >= 15 is 0 Å². The molecule has 5 saturated heterocycles. The van der Waals surface area contributed by atoms with Gasteiger partial charge in [0.15, 0.2) is 59.5 Å². The molecule has 5 aliphatic rings. The fraction of sp³-hybridized carbons (Fsp3) is 0.407. The van der Waals surface area contributed by atoms with E-state index in [-0.39, 0.29) is 47.5 Å². The van der Waals surface area contributed by atoms with Crippen LogP contribution in [-0.4, -0.2) is 242 Å². The fourth-order valence-electron chi connectivity index (χ4n) is 14.7. The second kappa shape index (κ2) is 40.6. The number of amides is 2. The van der Waals surface area contributed by atoms with Crippen LogP contribution in [0, 0.1) is 5.82 Å². The van der Waals surface area contributed by atoms with Gasteiger partial charge in [-0.1, -0.05) is 46.4 Å². The molecular formula is C86H97Cl4FN18O12S5. The molecular weight excluding hydrogens is 1800 g/mol. The summed E-state index contributed by atoms with van der Waals surface area (Å²) in [6, 6.07) is 31.6. The van der Waals surface area contributed by atoms with Crippen molar-refractivity contribution in [2.45, 2.75) is 168 Å². The third-order valence-electron chi connectivity index (χ3n) is 21.6. The van der Waals surface area contributed by atoms with Crippen LogP contribution in [-0.2, 0) is 48.8 Å². The van der Waals surface area contributed by atoms with Gasteiger partial charge >= 0.3 is 12.2 Å². The number of pyridine rings is 10. The number of thioether (sulfide) groups is 1. The van der Waals surface area contributed by atoms with Gasteiger partial charge in [0.2, 0.25) is 0 Å². The minimum absolute atomic E-state index is 0.0213. The molecule has 0 aliphatic carbocycles. The van der Waals surface area contributed by atoms with Crippen LogP contribution in [0.3, 0.4) is 0 Å². The Balaban J connectivity index is 0.000000136. The average Bonchev–Trinajstić information content (AvgIpc) is 0.801. The van der Waals surface area contributed by atoms with Crippen molar-refractivity contribution in [3.05, 3.63) is 185 Å². The van der Waals surface area contributed by atoms with E-state index in [1.54, 1.807) is 181 Å². The van der Waals surface area contributed by atoms with Gasteiger partial charge < -0.3 is 39.7 Å². The first-order valence-corrected chi connectivity index (χ1v) is 49.6. The van der Waals surface area contributed by atoms with Crippen LogP contribution in [0.1, 0.15) is 106 Å². The number of carbonyl (C=O) groups excluding carboxylic acids is 2. The van der Waals surface area contributed by atoms with Crippen molar-refractivity contribution in [3.63, 3.8) is 0 Å². The van der Waals surface area contributed by atoms with Crippen LogP contribution in [0.15, 0.2) is 184 Å². The quantitative estimate of drug-likeness (QED) is 0.101. The molecule has 668 valence electrons. The Bertz CT molecular complexity index is 6420. The van der Waals surface area contributed by atoms with E-state index in [1.165, 1.54) is 12.1 Å². The van der Waals surface area contributed by atoms with Gasteiger partial charge in [-0.05, 0) is 238 Å². The Hall–Kier alpha value is -9.31. The van der Waals surface area contributed by atoms with Crippen LogP contribution < -0.4 is 10.6 Å². The van der Waals surface area contributed by atoms with Crippen molar-refractivity contribution in [2.75, 3.05) is 84.9 Å². The summed E-state index contributed by atoms with van der Waals surface area (Å²) in [5, 5.41) is 15.5. The van der Waals surface area contributed by atoms with E-state index in [0.29, 0.717) is 124 Å². The van der Waals surface area contributed by atoms with Crippen LogP contribution in [0.5, 0.6) is 0 Å². The molecule has 12 aromatic rings. The zero-order valence-corrected chi connectivity index (χ0v) is 77.6.